The van der Waals surface area contributed by atoms with Crippen LogP contribution < -0.4 is 0 Å². The number of carbonyl (C=O) groups excluding carboxylic acids is 1. The Morgan fingerprint density at radius 3 is 2.28 bits per heavy atom. The summed E-state index contributed by atoms with van der Waals surface area (Å²) in [5.41, 5.74) is -1.86. The molecule has 5 heteroatoms. The third kappa shape index (κ3) is 1.76. The molecule has 0 aromatic heterocycles. The normalized spacial score (nSPS) is 57.2. The minimum atomic E-state index is -1.28. The van der Waals surface area contributed by atoms with Gasteiger partial charge in [0.05, 0.1) is 29.8 Å². The largest absolute Gasteiger partial charge is 0.392 e. The first kappa shape index (κ1) is 17.7. The zero-order valence-corrected chi connectivity index (χ0v) is 15.3. The molecule has 4 aliphatic rings. The zero-order valence-electron chi connectivity index (χ0n) is 15.3. The standard InChI is InChI=1S/C20H30O5/c1-9-10-5-6-12-19(4)13(18(2,3)8-11(21)17(19)25)7-14(22)20(12,15(9)23)16(10)24/h10-14,16-17,21-22,24-25H,1,5-8H2,2-4H3/t10-,11+,12-,13+,14+,16+,17-,19-,20-/m0/s1. The molecule has 5 nitrogen and oxygen atoms in total. The molecular weight excluding hydrogens is 320 g/mol. The molecule has 0 radical (unpaired) electrons. The maximum absolute atomic E-state index is 13.2. The van der Waals surface area contributed by atoms with Crippen molar-refractivity contribution < 1.29 is 25.2 Å². The van der Waals surface area contributed by atoms with Gasteiger partial charge in [-0.15, -0.1) is 0 Å². The van der Waals surface area contributed by atoms with Gasteiger partial charge in [0.1, 0.15) is 0 Å². The molecule has 0 aliphatic heterocycles. The molecule has 1 spiro atoms. The number of hydrogen-bond acceptors (Lipinski definition) is 5. The fourth-order valence-corrected chi connectivity index (χ4v) is 7.49. The molecule has 0 saturated heterocycles. The third-order valence-corrected chi connectivity index (χ3v) is 8.54. The second-order valence-corrected chi connectivity index (χ2v) is 9.84. The Bertz CT molecular complexity index is 642. The molecule has 140 valence electrons. The molecular formula is C20H30O5. The fourth-order valence-electron chi connectivity index (χ4n) is 7.49. The average molecular weight is 350 g/mol. The first-order valence-corrected chi connectivity index (χ1v) is 9.46. The van der Waals surface area contributed by atoms with Gasteiger partial charge >= 0.3 is 0 Å². The second-order valence-electron chi connectivity index (χ2n) is 9.84. The van der Waals surface area contributed by atoms with Crippen molar-refractivity contribution in [2.45, 2.75) is 70.9 Å². The zero-order chi connectivity index (χ0) is 18.5. The molecule has 4 fully saturated rings. The minimum absolute atomic E-state index is 0.0329. The van der Waals surface area contributed by atoms with E-state index in [0.717, 1.165) is 0 Å². The van der Waals surface area contributed by atoms with Crippen molar-refractivity contribution >= 4 is 5.78 Å². The first-order chi connectivity index (χ1) is 11.5. The number of aliphatic hydroxyl groups is 4. The van der Waals surface area contributed by atoms with E-state index in [-0.39, 0.29) is 29.0 Å². The Hall–Kier alpha value is -0.750. The van der Waals surface area contributed by atoms with Crippen LogP contribution in [0.2, 0.25) is 0 Å². The van der Waals surface area contributed by atoms with Crippen LogP contribution in [0.5, 0.6) is 0 Å². The van der Waals surface area contributed by atoms with E-state index in [2.05, 4.69) is 20.4 Å². The number of rotatable bonds is 0. The lowest BCUT2D eigenvalue weighted by Gasteiger charge is -2.67. The summed E-state index contributed by atoms with van der Waals surface area (Å²) in [4.78, 5) is 13.2. The van der Waals surface area contributed by atoms with Gasteiger partial charge in [-0.3, -0.25) is 4.79 Å². The Morgan fingerprint density at radius 1 is 1.00 bits per heavy atom. The molecule has 2 bridgehead atoms. The maximum atomic E-state index is 13.2. The van der Waals surface area contributed by atoms with Gasteiger partial charge in [0.15, 0.2) is 5.78 Å². The quantitative estimate of drug-likeness (QED) is 0.489. The van der Waals surface area contributed by atoms with Crippen LogP contribution >= 0.6 is 0 Å². The van der Waals surface area contributed by atoms with Gasteiger partial charge in [0.25, 0.3) is 0 Å². The highest BCUT2D eigenvalue weighted by Crippen LogP contribution is 2.70. The Labute approximate surface area is 148 Å². The number of hydrogen-bond donors (Lipinski definition) is 4. The Kier molecular flexibility index (Phi) is 3.49. The van der Waals surface area contributed by atoms with Crippen molar-refractivity contribution in [3.05, 3.63) is 12.2 Å². The summed E-state index contributed by atoms with van der Waals surface area (Å²) in [6, 6.07) is 0. The number of ketones is 1. The van der Waals surface area contributed by atoms with Crippen LogP contribution in [0.1, 0.15) is 46.5 Å². The minimum Gasteiger partial charge on any atom is -0.392 e. The van der Waals surface area contributed by atoms with E-state index in [1.165, 1.54) is 0 Å². The highest BCUT2D eigenvalue weighted by Gasteiger charge is 2.75. The molecule has 9 atom stereocenters. The van der Waals surface area contributed by atoms with Crippen LogP contribution in [0.4, 0.5) is 0 Å². The van der Waals surface area contributed by atoms with Crippen LogP contribution in [-0.2, 0) is 4.79 Å². The van der Waals surface area contributed by atoms with Gasteiger partial charge in [0, 0.05) is 11.3 Å². The van der Waals surface area contributed by atoms with Gasteiger partial charge in [0.2, 0.25) is 0 Å². The molecule has 0 amide bonds. The fraction of sp³-hybridized carbons (Fsp3) is 0.850. The summed E-state index contributed by atoms with van der Waals surface area (Å²) < 4.78 is 0. The lowest BCUT2D eigenvalue weighted by molar-refractivity contribution is -0.270. The summed E-state index contributed by atoms with van der Waals surface area (Å²) in [5.74, 6) is -0.924. The SMILES string of the molecule is C=C1C(=O)[C@@]23[C@H](O)C[C@@H]4C(C)(C)C[C@@H](O)[C@H](O)[C@@]4(C)[C@@H]2CC[C@@H]1[C@H]3O. The first-order valence-electron chi connectivity index (χ1n) is 9.46. The summed E-state index contributed by atoms with van der Waals surface area (Å²) in [6.45, 7) is 9.98. The number of Topliss-reactive ketones (excluding diaryl/α,β-unsaturated/α-hetero) is 1. The Morgan fingerprint density at radius 2 is 1.64 bits per heavy atom. The van der Waals surface area contributed by atoms with Gasteiger partial charge in [-0.25, -0.2) is 0 Å². The maximum Gasteiger partial charge on any atom is 0.170 e. The molecule has 0 aromatic rings. The van der Waals surface area contributed by atoms with E-state index in [1.54, 1.807) is 0 Å². The van der Waals surface area contributed by atoms with E-state index in [1.807, 2.05) is 6.92 Å². The number of carbonyl (C=O) groups is 1. The molecule has 4 N–H and O–H groups in total. The van der Waals surface area contributed by atoms with Gasteiger partial charge in [-0.1, -0.05) is 27.4 Å². The molecule has 4 aliphatic carbocycles. The van der Waals surface area contributed by atoms with Crippen molar-refractivity contribution in [1.82, 2.24) is 0 Å². The average Bonchev–Trinajstić information content (AvgIpc) is 2.65. The number of aliphatic hydroxyl groups excluding tert-OH is 4. The van der Waals surface area contributed by atoms with E-state index >= 15 is 0 Å². The molecule has 0 unspecified atom stereocenters. The van der Waals surface area contributed by atoms with Crippen molar-refractivity contribution in [3.63, 3.8) is 0 Å². The predicted molar refractivity (Wildman–Crippen MR) is 91.4 cm³/mol. The van der Waals surface area contributed by atoms with Crippen molar-refractivity contribution in [2.75, 3.05) is 0 Å². The molecule has 25 heavy (non-hydrogen) atoms. The van der Waals surface area contributed by atoms with Crippen molar-refractivity contribution in [2.24, 2.45) is 34.0 Å². The summed E-state index contributed by atoms with van der Waals surface area (Å²) >= 11 is 0. The van der Waals surface area contributed by atoms with Gasteiger partial charge in [-0.2, -0.15) is 0 Å². The topological polar surface area (TPSA) is 98.0 Å². The molecule has 0 heterocycles. The monoisotopic (exact) mass is 350 g/mol. The Balaban J connectivity index is 1.92. The lowest BCUT2D eigenvalue weighted by atomic mass is 9.39. The van der Waals surface area contributed by atoms with Crippen LogP contribution in [0.25, 0.3) is 0 Å². The van der Waals surface area contributed by atoms with Crippen LogP contribution in [0.15, 0.2) is 12.2 Å². The van der Waals surface area contributed by atoms with Crippen LogP contribution in [0.3, 0.4) is 0 Å². The van der Waals surface area contributed by atoms with Gasteiger partial charge < -0.3 is 20.4 Å². The van der Waals surface area contributed by atoms with E-state index < -0.39 is 35.2 Å². The highest BCUT2D eigenvalue weighted by atomic mass is 16.3. The summed E-state index contributed by atoms with van der Waals surface area (Å²) in [7, 11) is 0. The van der Waals surface area contributed by atoms with E-state index in [4.69, 9.17) is 0 Å². The third-order valence-electron chi connectivity index (χ3n) is 8.54. The summed E-state index contributed by atoms with van der Waals surface area (Å²) in [6.07, 6.45) is -1.62. The lowest BCUT2D eigenvalue weighted by Crippen LogP contribution is -2.71. The van der Waals surface area contributed by atoms with E-state index in [9.17, 15) is 25.2 Å². The van der Waals surface area contributed by atoms with Crippen LogP contribution in [-0.4, -0.2) is 50.6 Å². The van der Waals surface area contributed by atoms with Crippen molar-refractivity contribution in [3.8, 4) is 0 Å². The summed E-state index contributed by atoms with van der Waals surface area (Å²) in [5, 5.41) is 43.7. The molecule has 4 rings (SSSR count). The van der Waals surface area contributed by atoms with E-state index in [0.29, 0.717) is 31.3 Å². The molecule has 0 aromatic carbocycles. The van der Waals surface area contributed by atoms with Crippen molar-refractivity contribution in [1.29, 1.82) is 0 Å². The molecule has 4 saturated carbocycles. The highest BCUT2D eigenvalue weighted by molar-refractivity contribution is 6.04. The number of fused-ring (bicyclic) bond motifs is 3. The van der Waals surface area contributed by atoms with Gasteiger partial charge in [-0.05, 0) is 48.5 Å². The smallest absolute Gasteiger partial charge is 0.170 e. The second kappa shape index (κ2) is 4.94. The predicted octanol–water partition coefficient (Wildman–Crippen LogP) is 1.04. The van der Waals surface area contributed by atoms with Crippen LogP contribution in [0, 0.1) is 34.0 Å².